The SMILES string of the molecule is O=C1C2C3C=CC(C3)C2C(=O)N1CCN1C(=O)C2C3C=C[C@H](C3)C2C1=O. The van der Waals surface area contributed by atoms with Crippen LogP contribution in [-0.4, -0.2) is 46.5 Å². The quantitative estimate of drug-likeness (QED) is 0.551. The topological polar surface area (TPSA) is 74.8 Å². The second kappa shape index (κ2) is 4.72. The molecule has 0 aromatic carbocycles. The van der Waals surface area contributed by atoms with E-state index in [1.54, 1.807) is 0 Å². The zero-order chi connectivity index (χ0) is 17.7. The first-order valence-electron chi connectivity index (χ1n) is 9.63. The Labute approximate surface area is 150 Å². The molecule has 7 unspecified atom stereocenters. The van der Waals surface area contributed by atoms with Crippen molar-refractivity contribution in [2.75, 3.05) is 13.1 Å². The molecule has 134 valence electrons. The number of fused-ring (bicyclic) bond motifs is 10. The first kappa shape index (κ1) is 14.9. The van der Waals surface area contributed by atoms with Crippen LogP contribution in [0.5, 0.6) is 0 Å². The Bertz CT molecular complexity index is 702. The molecule has 0 radical (unpaired) electrons. The molecule has 2 saturated heterocycles. The summed E-state index contributed by atoms with van der Waals surface area (Å²) in [5.41, 5.74) is 0. The molecule has 0 aromatic rings. The van der Waals surface area contributed by atoms with Crippen molar-refractivity contribution in [2.45, 2.75) is 12.8 Å². The Balaban J connectivity index is 1.19. The molecule has 2 saturated carbocycles. The van der Waals surface area contributed by atoms with Gasteiger partial charge in [0.2, 0.25) is 23.6 Å². The number of hydrogen-bond donors (Lipinski definition) is 0. The number of imide groups is 2. The normalized spacial score (nSPS) is 47.1. The number of allylic oxidation sites excluding steroid dienone is 4. The number of carbonyl (C=O) groups excluding carboxylic acids is 4. The number of amides is 4. The van der Waals surface area contributed by atoms with E-state index in [-0.39, 0.29) is 84.1 Å². The van der Waals surface area contributed by atoms with Crippen molar-refractivity contribution in [1.82, 2.24) is 9.80 Å². The average Bonchev–Trinajstić information content (AvgIpc) is 3.43. The fraction of sp³-hybridized carbons (Fsp3) is 0.600. The van der Waals surface area contributed by atoms with Crippen LogP contribution in [0.25, 0.3) is 0 Å². The molecular weight excluding hydrogens is 332 g/mol. The fourth-order valence-corrected chi connectivity index (χ4v) is 6.57. The molecule has 4 amide bonds. The van der Waals surface area contributed by atoms with Crippen LogP contribution >= 0.6 is 0 Å². The summed E-state index contributed by atoms with van der Waals surface area (Å²) >= 11 is 0. The third-order valence-electron chi connectivity index (χ3n) is 7.67. The summed E-state index contributed by atoms with van der Waals surface area (Å²) in [6.07, 6.45) is 10.1. The van der Waals surface area contributed by atoms with Crippen molar-refractivity contribution < 1.29 is 19.2 Å². The van der Waals surface area contributed by atoms with Crippen LogP contribution in [0.1, 0.15) is 12.8 Å². The molecule has 0 aromatic heterocycles. The summed E-state index contributed by atoms with van der Waals surface area (Å²) in [7, 11) is 0. The van der Waals surface area contributed by atoms with E-state index in [0.29, 0.717) is 0 Å². The Morgan fingerprint density at radius 3 is 1.12 bits per heavy atom. The summed E-state index contributed by atoms with van der Waals surface area (Å²) in [5.74, 6) is -0.602. The Morgan fingerprint density at radius 1 is 0.577 bits per heavy atom. The molecule has 6 aliphatic rings. The zero-order valence-corrected chi connectivity index (χ0v) is 14.3. The van der Waals surface area contributed by atoms with Crippen LogP contribution in [0.3, 0.4) is 0 Å². The van der Waals surface area contributed by atoms with Crippen molar-refractivity contribution in [3.63, 3.8) is 0 Å². The number of hydrogen-bond acceptors (Lipinski definition) is 4. The molecule has 0 spiro atoms. The largest absolute Gasteiger partial charge is 0.280 e. The molecule has 4 fully saturated rings. The van der Waals surface area contributed by atoms with Crippen LogP contribution in [-0.2, 0) is 19.2 Å². The van der Waals surface area contributed by atoms with Crippen molar-refractivity contribution in [2.24, 2.45) is 47.3 Å². The predicted molar refractivity (Wildman–Crippen MR) is 88.9 cm³/mol. The second-order valence-electron chi connectivity index (χ2n) is 8.66. The van der Waals surface area contributed by atoms with Gasteiger partial charge in [-0.1, -0.05) is 24.3 Å². The van der Waals surface area contributed by atoms with E-state index in [0.717, 1.165) is 12.8 Å². The van der Waals surface area contributed by atoms with E-state index in [1.165, 1.54) is 9.80 Å². The highest BCUT2D eigenvalue weighted by atomic mass is 16.2. The van der Waals surface area contributed by atoms with Gasteiger partial charge in [-0.25, -0.2) is 0 Å². The smallest absolute Gasteiger partial charge is 0.233 e. The van der Waals surface area contributed by atoms with E-state index in [1.807, 2.05) is 0 Å². The minimum atomic E-state index is -0.220. The Morgan fingerprint density at radius 2 is 0.846 bits per heavy atom. The number of rotatable bonds is 3. The first-order chi connectivity index (χ1) is 12.6. The lowest BCUT2D eigenvalue weighted by molar-refractivity contribution is -0.146. The first-order valence-corrected chi connectivity index (χ1v) is 9.63. The predicted octanol–water partition coefficient (Wildman–Crippen LogP) is 0.601. The van der Waals surface area contributed by atoms with Crippen LogP contribution in [0.4, 0.5) is 0 Å². The van der Waals surface area contributed by atoms with Crippen molar-refractivity contribution in [1.29, 1.82) is 0 Å². The zero-order valence-electron chi connectivity index (χ0n) is 14.3. The van der Waals surface area contributed by atoms with Gasteiger partial charge in [-0.05, 0) is 36.5 Å². The Kier molecular flexibility index (Phi) is 2.70. The highest BCUT2D eigenvalue weighted by molar-refractivity contribution is 6.08. The molecule has 6 rings (SSSR count). The van der Waals surface area contributed by atoms with Gasteiger partial charge in [-0.2, -0.15) is 0 Å². The van der Waals surface area contributed by atoms with Crippen LogP contribution in [0.15, 0.2) is 24.3 Å². The van der Waals surface area contributed by atoms with Gasteiger partial charge >= 0.3 is 0 Å². The molecule has 6 heteroatoms. The molecule has 2 heterocycles. The molecule has 2 aliphatic heterocycles. The maximum atomic E-state index is 12.7. The lowest BCUT2D eigenvalue weighted by Crippen LogP contribution is -2.42. The summed E-state index contributed by atoms with van der Waals surface area (Å²) in [4.78, 5) is 53.6. The van der Waals surface area contributed by atoms with Gasteiger partial charge in [-0.3, -0.25) is 29.0 Å². The van der Waals surface area contributed by atoms with E-state index in [2.05, 4.69) is 24.3 Å². The average molecular weight is 352 g/mol. The van der Waals surface area contributed by atoms with Gasteiger partial charge in [0.1, 0.15) is 0 Å². The number of carbonyl (C=O) groups is 4. The molecule has 6 nitrogen and oxygen atoms in total. The second-order valence-corrected chi connectivity index (χ2v) is 8.66. The summed E-state index contributed by atoms with van der Waals surface area (Å²) < 4.78 is 0. The van der Waals surface area contributed by atoms with E-state index in [4.69, 9.17) is 0 Å². The van der Waals surface area contributed by atoms with Gasteiger partial charge in [0.15, 0.2) is 0 Å². The van der Waals surface area contributed by atoms with E-state index >= 15 is 0 Å². The van der Waals surface area contributed by atoms with Crippen molar-refractivity contribution in [3.05, 3.63) is 24.3 Å². The monoisotopic (exact) mass is 352 g/mol. The molecule has 26 heavy (non-hydrogen) atoms. The standard InChI is InChI=1S/C20H20N2O4/c23-17-13-9-1-2-10(7-9)14(13)18(24)21(17)5-6-22-19(25)15-11-3-4-12(8-11)16(15)20(22)26/h1-4,9-16H,5-8H2/t9-,10?,11?,12?,13?,14?,15?,16?/m1/s1. The van der Waals surface area contributed by atoms with Crippen LogP contribution in [0, 0.1) is 47.3 Å². The van der Waals surface area contributed by atoms with Gasteiger partial charge < -0.3 is 0 Å². The molecule has 4 aliphatic carbocycles. The minimum absolute atomic E-state index is 0.113. The molecule has 0 N–H and O–H groups in total. The highest BCUT2D eigenvalue weighted by Crippen LogP contribution is 2.53. The van der Waals surface area contributed by atoms with Gasteiger partial charge in [-0.15, -0.1) is 0 Å². The number of nitrogens with zero attached hydrogens (tertiary/aromatic N) is 2. The minimum Gasteiger partial charge on any atom is -0.280 e. The van der Waals surface area contributed by atoms with Gasteiger partial charge in [0.25, 0.3) is 0 Å². The van der Waals surface area contributed by atoms with Crippen LogP contribution in [0.2, 0.25) is 0 Å². The number of likely N-dealkylation sites (tertiary alicyclic amines) is 2. The van der Waals surface area contributed by atoms with Crippen LogP contribution < -0.4 is 0 Å². The van der Waals surface area contributed by atoms with Gasteiger partial charge in [0.05, 0.1) is 23.7 Å². The lowest BCUT2D eigenvalue weighted by atomic mass is 9.85. The molecule has 8 atom stereocenters. The highest BCUT2D eigenvalue weighted by Gasteiger charge is 2.61. The third-order valence-corrected chi connectivity index (χ3v) is 7.67. The third kappa shape index (κ3) is 1.59. The molecular formula is C20H20N2O4. The van der Waals surface area contributed by atoms with E-state index < -0.39 is 0 Å². The van der Waals surface area contributed by atoms with Crippen molar-refractivity contribution in [3.8, 4) is 0 Å². The lowest BCUT2D eigenvalue weighted by Gasteiger charge is -2.22. The fourth-order valence-electron chi connectivity index (χ4n) is 6.57. The molecule has 4 bridgehead atoms. The summed E-state index contributed by atoms with van der Waals surface area (Å²) in [6, 6.07) is 0. The summed E-state index contributed by atoms with van der Waals surface area (Å²) in [5, 5.41) is 0. The van der Waals surface area contributed by atoms with Gasteiger partial charge in [0, 0.05) is 13.1 Å². The van der Waals surface area contributed by atoms with E-state index in [9.17, 15) is 19.2 Å². The maximum Gasteiger partial charge on any atom is 0.233 e. The van der Waals surface area contributed by atoms with Crippen molar-refractivity contribution >= 4 is 23.6 Å². The summed E-state index contributed by atoms with van der Waals surface area (Å²) in [6.45, 7) is 0.285. The maximum absolute atomic E-state index is 12.7. The Hall–Kier alpha value is -2.24.